The second-order valence-corrected chi connectivity index (χ2v) is 7.94. The monoisotopic (exact) mass is 463 g/mol. The van der Waals surface area contributed by atoms with Crippen LogP contribution in [0.1, 0.15) is 18.9 Å². The summed E-state index contributed by atoms with van der Waals surface area (Å²) in [7, 11) is 1.47. The number of fused-ring (bicyclic) bond motifs is 3. The van der Waals surface area contributed by atoms with Crippen LogP contribution >= 0.6 is 0 Å². The molecule has 4 aromatic heterocycles. The Balaban J connectivity index is 1.67. The molecule has 5 heterocycles. The molecular weight excluding hydrogens is 442 g/mol. The van der Waals surface area contributed by atoms with Crippen LogP contribution in [0, 0.1) is 0 Å². The number of amides is 1. The summed E-state index contributed by atoms with van der Waals surface area (Å²) in [4.78, 5) is 58.7. The number of likely N-dealkylation sites (tertiary alicyclic amines) is 1. The molecular formula is C22H21N7O5. The fraction of sp³-hybridized carbons (Fsp3) is 0.318. The number of rotatable bonds is 4. The quantitative estimate of drug-likeness (QED) is 0.405. The summed E-state index contributed by atoms with van der Waals surface area (Å²) in [5.74, 6) is -0.347. The van der Waals surface area contributed by atoms with E-state index in [1.54, 1.807) is 34.0 Å². The van der Waals surface area contributed by atoms with Gasteiger partial charge in [0.15, 0.2) is 0 Å². The number of methoxy groups -OCH3 is 1. The zero-order valence-corrected chi connectivity index (χ0v) is 18.3. The Morgan fingerprint density at radius 3 is 2.56 bits per heavy atom. The average Bonchev–Trinajstić information content (AvgIpc) is 2.88. The molecule has 1 aliphatic rings. The summed E-state index contributed by atoms with van der Waals surface area (Å²) >= 11 is 0. The van der Waals surface area contributed by atoms with Crippen LogP contribution in [0.5, 0.6) is 6.01 Å². The lowest BCUT2D eigenvalue weighted by Crippen LogP contribution is -2.43. The smallest absolute Gasteiger partial charge is 0.329 e. The molecule has 2 N–H and O–H groups in total. The lowest BCUT2D eigenvalue weighted by atomic mass is 10.0. The van der Waals surface area contributed by atoms with E-state index in [9.17, 15) is 14.4 Å². The molecule has 0 bridgehead atoms. The van der Waals surface area contributed by atoms with Gasteiger partial charge < -0.3 is 14.7 Å². The zero-order valence-electron chi connectivity index (χ0n) is 18.3. The number of aromatic amines is 1. The van der Waals surface area contributed by atoms with Gasteiger partial charge in [-0.05, 0) is 25.0 Å². The second-order valence-electron chi connectivity index (χ2n) is 7.94. The third-order valence-electron chi connectivity index (χ3n) is 6.03. The van der Waals surface area contributed by atoms with E-state index in [4.69, 9.17) is 14.8 Å². The van der Waals surface area contributed by atoms with Gasteiger partial charge in [0.2, 0.25) is 5.91 Å². The third-order valence-corrected chi connectivity index (χ3v) is 6.03. The van der Waals surface area contributed by atoms with Gasteiger partial charge in [0.1, 0.15) is 12.1 Å². The number of ether oxygens (including phenoxy) is 1. The van der Waals surface area contributed by atoms with Crippen molar-refractivity contribution >= 4 is 27.8 Å². The van der Waals surface area contributed by atoms with Gasteiger partial charge in [-0.15, -0.1) is 0 Å². The van der Waals surface area contributed by atoms with Gasteiger partial charge in [0.25, 0.3) is 5.56 Å². The minimum Gasteiger partial charge on any atom is -0.467 e. The van der Waals surface area contributed by atoms with E-state index < -0.39 is 17.9 Å². The highest BCUT2D eigenvalue weighted by Gasteiger charge is 2.26. The van der Waals surface area contributed by atoms with Gasteiger partial charge in [-0.3, -0.25) is 24.1 Å². The van der Waals surface area contributed by atoms with Crippen molar-refractivity contribution < 1.29 is 14.6 Å². The maximum absolute atomic E-state index is 13.0. The molecule has 0 aromatic carbocycles. The number of carbonyl (C=O) groups excluding carboxylic acids is 1. The largest absolute Gasteiger partial charge is 0.467 e. The normalized spacial score (nSPS) is 14.6. The van der Waals surface area contributed by atoms with Crippen molar-refractivity contribution in [1.82, 2.24) is 34.4 Å². The van der Waals surface area contributed by atoms with Gasteiger partial charge in [-0.1, -0.05) is 0 Å². The number of piperidine rings is 1. The maximum Gasteiger partial charge on any atom is 0.329 e. The van der Waals surface area contributed by atoms with Crippen LogP contribution in [0.25, 0.3) is 33.2 Å². The summed E-state index contributed by atoms with van der Waals surface area (Å²) in [6.07, 6.45) is 5.57. The molecule has 0 unspecified atom stereocenters. The van der Waals surface area contributed by atoms with Crippen LogP contribution in [-0.2, 0) is 4.79 Å². The molecule has 4 aromatic rings. The number of aromatic nitrogens is 6. The van der Waals surface area contributed by atoms with Gasteiger partial charge in [0.05, 0.1) is 29.2 Å². The standard InChI is InChI=1S/C22H21N7O5/c1-34-21-24-8-12(9-25-21)15-2-3-16-18(26-15)19-14(10-23-16)20(32)27-22(33)29(19)13-4-6-28(7-5-13)17(31)11-30/h2-3,8-10,13,30H,4-7,11H2,1H3,(H,27,32,33). The van der Waals surface area contributed by atoms with Gasteiger partial charge in [0, 0.05) is 43.3 Å². The van der Waals surface area contributed by atoms with Crippen LogP contribution in [-0.4, -0.2) is 72.2 Å². The highest BCUT2D eigenvalue weighted by molar-refractivity contribution is 6.01. The Labute approximate surface area is 191 Å². The van der Waals surface area contributed by atoms with Gasteiger partial charge in [-0.2, -0.15) is 0 Å². The average molecular weight is 463 g/mol. The fourth-order valence-corrected chi connectivity index (χ4v) is 4.33. The summed E-state index contributed by atoms with van der Waals surface area (Å²) in [5.41, 5.74) is 1.42. The molecule has 1 amide bonds. The molecule has 12 nitrogen and oxygen atoms in total. The number of aliphatic hydroxyl groups excluding tert-OH is 1. The molecule has 12 heteroatoms. The molecule has 1 aliphatic heterocycles. The second kappa shape index (κ2) is 8.63. The van der Waals surface area contributed by atoms with Crippen molar-refractivity contribution in [3.63, 3.8) is 0 Å². The van der Waals surface area contributed by atoms with E-state index in [0.717, 1.165) is 0 Å². The number of pyridine rings is 2. The van der Waals surface area contributed by atoms with Crippen molar-refractivity contribution in [3.8, 4) is 17.3 Å². The van der Waals surface area contributed by atoms with Crippen molar-refractivity contribution in [2.75, 3.05) is 26.8 Å². The minimum atomic E-state index is -0.551. The Morgan fingerprint density at radius 2 is 1.88 bits per heavy atom. The molecule has 0 atom stereocenters. The highest BCUT2D eigenvalue weighted by atomic mass is 16.5. The number of hydrogen-bond acceptors (Lipinski definition) is 9. The molecule has 5 rings (SSSR count). The van der Waals surface area contributed by atoms with Crippen LogP contribution in [0.3, 0.4) is 0 Å². The Morgan fingerprint density at radius 1 is 1.15 bits per heavy atom. The Kier molecular flexibility index (Phi) is 5.49. The van der Waals surface area contributed by atoms with Crippen molar-refractivity contribution in [3.05, 3.63) is 51.6 Å². The van der Waals surface area contributed by atoms with E-state index >= 15 is 0 Å². The first-order valence-electron chi connectivity index (χ1n) is 10.7. The fourth-order valence-electron chi connectivity index (χ4n) is 4.33. The van der Waals surface area contributed by atoms with E-state index in [2.05, 4.69) is 19.9 Å². The lowest BCUT2D eigenvalue weighted by molar-refractivity contribution is -0.135. The molecule has 0 radical (unpaired) electrons. The zero-order chi connectivity index (χ0) is 23.8. The van der Waals surface area contributed by atoms with Gasteiger partial charge >= 0.3 is 11.7 Å². The number of nitrogens with zero attached hydrogens (tertiary/aromatic N) is 6. The summed E-state index contributed by atoms with van der Waals surface area (Å²) in [5, 5.41) is 9.38. The van der Waals surface area contributed by atoms with Crippen LogP contribution in [0.4, 0.5) is 0 Å². The first kappa shape index (κ1) is 21.6. The first-order chi connectivity index (χ1) is 16.5. The summed E-state index contributed by atoms with van der Waals surface area (Å²) in [6, 6.07) is 3.49. The molecule has 1 fully saturated rings. The van der Waals surface area contributed by atoms with Gasteiger partial charge in [-0.25, -0.2) is 19.7 Å². The Bertz CT molecular complexity index is 1500. The van der Waals surface area contributed by atoms with Crippen LogP contribution in [0.2, 0.25) is 0 Å². The first-order valence-corrected chi connectivity index (χ1v) is 10.7. The SMILES string of the molecule is COc1ncc(-c2ccc3ncc4c(=O)[nH]c(=O)n(C5CCN(C(=O)CO)CC5)c4c3n2)cn1. The highest BCUT2D eigenvalue weighted by Crippen LogP contribution is 2.28. The topological polar surface area (TPSA) is 156 Å². The minimum absolute atomic E-state index is 0.225. The van der Waals surface area contributed by atoms with Crippen LogP contribution in [0.15, 0.2) is 40.3 Å². The van der Waals surface area contributed by atoms with E-state index in [0.29, 0.717) is 53.7 Å². The number of aliphatic hydroxyl groups is 1. The predicted molar refractivity (Wildman–Crippen MR) is 121 cm³/mol. The predicted octanol–water partition coefficient (Wildman–Crippen LogP) is 0.254. The number of hydrogen-bond donors (Lipinski definition) is 2. The molecule has 0 spiro atoms. The number of nitrogens with one attached hydrogen (secondary N) is 1. The lowest BCUT2D eigenvalue weighted by Gasteiger charge is -2.33. The summed E-state index contributed by atoms with van der Waals surface area (Å²) < 4.78 is 6.55. The van der Waals surface area contributed by atoms with E-state index in [1.807, 2.05) is 0 Å². The molecule has 1 saturated heterocycles. The molecule has 0 saturated carbocycles. The van der Waals surface area contributed by atoms with E-state index in [-0.39, 0.29) is 23.3 Å². The summed E-state index contributed by atoms with van der Waals surface area (Å²) in [6.45, 7) is 0.230. The molecule has 174 valence electrons. The number of carbonyl (C=O) groups is 1. The molecule has 34 heavy (non-hydrogen) atoms. The number of H-pyrrole nitrogens is 1. The van der Waals surface area contributed by atoms with Crippen molar-refractivity contribution in [2.45, 2.75) is 18.9 Å². The third kappa shape index (κ3) is 3.67. The van der Waals surface area contributed by atoms with Crippen LogP contribution < -0.4 is 16.0 Å². The maximum atomic E-state index is 13.0. The van der Waals surface area contributed by atoms with E-state index in [1.165, 1.54) is 13.3 Å². The van der Waals surface area contributed by atoms with Crippen molar-refractivity contribution in [2.24, 2.45) is 0 Å². The Hall–Kier alpha value is -4.19. The molecule has 0 aliphatic carbocycles. The van der Waals surface area contributed by atoms with Crippen molar-refractivity contribution in [1.29, 1.82) is 0 Å².